The summed E-state index contributed by atoms with van der Waals surface area (Å²) in [7, 11) is 0. The van der Waals surface area contributed by atoms with Crippen molar-refractivity contribution < 1.29 is 15.1 Å². The molecule has 0 aromatic carbocycles. The van der Waals surface area contributed by atoms with E-state index in [1.807, 2.05) is 13.8 Å². The van der Waals surface area contributed by atoms with E-state index >= 15 is 0 Å². The second-order valence-electron chi connectivity index (χ2n) is 5.03. The average Bonchev–Trinajstić information content (AvgIpc) is 2.30. The fraction of sp³-hybridized carbons (Fsp3) is 0.833. The lowest BCUT2D eigenvalue weighted by Crippen LogP contribution is -2.47. The first-order valence-electron chi connectivity index (χ1n) is 6.25. The van der Waals surface area contributed by atoms with E-state index in [0.717, 1.165) is 6.42 Å². The molecule has 0 aromatic rings. The minimum Gasteiger partial charge on any atom is -0.409 e. The standard InChI is InChI=1S/C12H25N3O3/c1-5-7-9(10(13)14-18)11(16)15(6-2)8-12(3,4)17/h9,17-18H,5-8H2,1-4H3,(H2,13,14). The largest absolute Gasteiger partial charge is 0.409 e. The zero-order chi connectivity index (χ0) is 14.3. The zero-order valence-electron chi connectivity index (χ0n) is 11.7. The van der Waals surface area contributed by atoms with E-state index in [0.29, 0.717) is 13.0 Å². The minimum atomic E-state index is -0.965. The highest BCUT2D eigenvalue weighted by Crippen LogP contribution is 2.14. The molecular weight excluding hydrogens is 234 g/mol. The van der Waals surface area contributed by atoms with E-state index in [-0.39, 0.29) is 18.3 Å². The number of amides is 1. The molecule has 0 rings (SSSR count). The Labute approximate surface area is 108 Å². The predicted octanol–water partition coefficient (Wildman–Crippen LogP) is 0.769. The highest BCUT2D eigenvalue weighted by Gasteiger charge is 2.29. The summed E-state index contributed by atoms with van der Waals surface area (Å²) in [5.41, 5.74) is 4.59. The van der Waals surface area contributed by atoms with Crippen LogP contribution in [0.5, 0.6) is 0 Å². The normalized spacial score (nSPS) is 14.4. The van der Waals surface area contributed by atoms with Crippen molar-refractivity contribution in [1.82, 2.24) is 4.90 Å². The van der Waals surface area contributed by atoms with Crippen molar-refractivity contribution in [2.24, 2.45) is 16.8 Å². The van der Waals surface area contributed by atoms with Gasteiger partial charge in [0.15, 0.2) is 5.84 Å². The van der Waals surface area contributed by atoms with Gasteiger partial charge in [0.2, 0.25) is 5.91 Å². The van der Waals surface area contributed by atoms with E-state index in [4.69, 9.17) is 10.9 Å². The highest BCUT2D eigenvalue weighted by molar-refractivity contribution is 6.02. The number of nitrogens with two attached hydrogens (primary N) is 1. The molecule has 0 spiro atoms. The van der Waals surface area contributed by atoms with E-state index in [1.165, 1.54) is 4.90 Å². The van der Waals surface area contributed by atoms with Gasteiger partial charge in [-0.1, -0.05) is 18.5 Å². The van der Waals surface area contributed by atoms with Crippen LogP contribution < -0.4 is 5.73 Å². The van der Waals surface area contributed by atoms with Crippen molar-refractivity contribution in [3.8, 4) is 0 Å². The number of rotatable bonds is 7. The Bertz CT molecular complexity index is 297. The number of carbonyl (C=O) groups is 1. The molecule has 1 amide bonds. The molecule has 1 atom stereocenters. The maximum absolute atomic E-state index is 12.3. The van der Waals surface area contributed by atoms with Gasteiger partial charge in [-0.2, -0.15) is 0 Å². The molecule has 6 heteroatoms. The third kappa shape index (κ3) is 5.35. The van der Waals surface area contributed by atoms with Gasteiger partial charge in [-0.15, -0.1) is 0 Å². The lowest BCUT2D eigenvalue weighted by Gasteiger charge is -2.30. The van der Waals surface area contributed by atoms with Gasteiger partial charge in [-0.25, -0.2) is 0 Å². The minimum absolute atomic E-state index is 0.0731. The molecule has 106 valence electrons. The topological polar surface area (TPSA) is 99.2 Å². The average molecular weight is 259 g/mol. The first-order valence-corrected chi connectivity index (χ1v) is 6.25. The van der Waals surface area contributed by atoms with Gasteiger partial charge >= 0.3 is 0 Å². The molecule has 4 N–H and O–H groups in total. The second-order valence-corrected chi connectivity index (χ2v) is 5.03. The van der Waals surface area contributed by atoms with Gasteiger partial charge in [0, 0.05) is 13.1 Å². The number of likely N-dealkylation sites (N-methyl/N-ethyl adjacent to an activating group) is 1. The molecule has 0 aliphatic heterocycles. The molecule has 6 nitrogen and oxygen atoms in total. The number of aliphatic hydroxyl groups is 1. The molecule has 0 saturated heterocycles. The van der Waals surface area contributed by atoms with Crippen LogP contribution in [0.1, 0.15) is 40.5 Å². The van der Waals surface area contributed by atoms with E-state index in [9.17, 15) is 9.90 Å². The Balaban J connectivity index is 4.92. The second kappa shape index (κ2) is 7.20. The van der Waals surface area contributed by atoms with Crippen molar-refractivity contribution in [3.63, 3.8) is 0 Å². The molecular formula is C12H25N3O3. The molecule has 0 radical (unpaired) electrons. The molecule has 1 unspecified atom stereocenters. The summed E-state index contributed by atoms with van der Waals surface area (Å²) in [5, 5.41) is 21.4. The van der Waals surface area contributed by atoms with Crippen LogP contribution in [0.25, 0.3) is 0 Å². The molecule has 18 heavy (non-hydrogen) atoms. The Hall–Kier alpha value is -1.30. The van der Waals surface area contributed by atoms with Crippen LogP contribution in [0.4, 0.5) is 0 Å². The van der Waals surface area contributed by atoms with Gasteiger partial charge in [0.1, 0.15) is 0 Å². The predicted molar refractivity (Wildman–Crippen MR) is 70.4 cm³/mol. The Morgan fingerprint density at radius 3 is 2.33 bits per heavy atom. The Morgan fingerprint density at radius 2 is 2.00 bits per heavy atom. The van der Waals surface area contributed by atoms with Crippen molar-refractivity contribution in [2.45, 2.75) is 46.1 Å². The van der Waals surface area contributed by atoms with Crippen LogP contribution in [-0.2, 0) is 4.79 Å². The molecule has 0 heterocycles. The number of nitrogens with zero attached hydrogens (tertiary/aromatic N) is 2. The number of carbonyl (C=O) groups excluding carboxylic acids is 1. The molecule has 0 aromatic heterocycles. The summed E-state index contributed by atoms with van der Waals surface area (Å²) in [4.78, 5) is 13.8. The third-order valence-electron chi connectivity index (χ3n) is 2.62. The number of amidine groups is 1. The molecule has 0 aliphatic rings. The van der Waals surface area contributed by atoms with E-state index < -0.39 is 11.5 Å². The quantitative estimate of drug-likeness (QED) is 0.272. The molecule has 0 saturated carbocycles. The highest BCUT2D eigenvalue weighted by atomic mass is 16.4. The van der Waals surface area contributed by atoms with Gasteiger partial charge in [0.25, 0.3) is 0 Å². The fourth-order valence-electron chi connectivity index (χ4n) is 1.79. The summed E-state index contributed by atoms with van der Waals surface area (Å²) in [6.45, 7) is 7.74. The van der Waals surface area contributed by atoms with Gasteiger partial charge < -0.3 is 20.9 Å². The third-order valence-corrected chi connectivity index (χ3v) is 2.62. The molecule has 0 bridgehead atoms. The molecule has 0 fully saturated rings. The zero-order valence-corrected chi connectivity index (χ0v) is 11.7. The van der Waals surface area contributed by atoms with Crippen LogP contribution >= 0.6 is 0 Å². The summed E-state index contributed by atoms with van der Waals surface area (Å²) in [5.74, 6) is -0.907. The van der Waals surface area contributed by atoms with Crippen LogP contribution in [0.3, 0.4) is 0 Å². The van der Waals surface area contributed by atoms with Crippen LogP contribution in [-0.4, -0.2) is 45.6 Å². The number of hydrogen-bond acceptors (Lipinski definition) is 4. The SMILES string of the molecule is CCCC(C(=O)N(CC)CC(C)(C)O)C(N)=NO. The lowest BCUT2D eigenvalue weighted by atomic mass is 9.99. The maximum atomic E-state index is 12.3. The summed E-state index contributed by atoms with van der Waals surface area (Å²) < 4.78 is 0. The first-order chi connectivity index (χ1) is 8.26. The smallest absolute Gasteiger partial charge is 0.233 e. The van der Waals surface area contributed by atoms with Crippen LogP contribution in [0, 0.1) is 5.92 Å². The van der Waals surface area contributed by atoms with E-state index in [2.05, 4.69) is 5.16 Å². The number of oxime groups is 1. The Morgan fingerprint density at radius 1 is 1.44 bits per heavy atom. The van der Waals surface area contributed by atoms with E-state index in [1.54, 1.807) is 13.8 Å². The number of hydrogen-bond donors (Lipinski definition) is 3. The van der Waals surface area contributed by atoms with Crippen molar-refractivity contribution in [3.05, 3.63) is 0 Å². The monoisotopic (exact) mass is 259 g/mol. The Kier molecular flexibility index (Phi) is 6.68. The van der Waals surface area contributed by atoms with Crippen molar-refractivity contribution >= 4 is 11.7 Å². The van der Waals surface area contributed by atoms with Gasteiger partial charge in [-0.3, -0.25) is 4.79 Å². The molecule has 0 aliphatic carbocycles. The van der Waals surface area contributed by atoms with Gasteiger partial charge in [-0.05, 0) is 27.2 Å². The van der Waals surface area contributed by atoms with Crippen LogP contribution in [0.15, 0.2) is 5.16 Å². The summed E-state index contributed by atoms with van der Waals surface area (Å²) in [6.07, 6.45) is 1.28. The maximum Gasteiger partial charge on any atom is 0.233 e. The van der Waals surface area contributed by atoms with Crippen LogP contribution in [0.2, 0.25) is 0 Å². The first kappa shape index (κ1) is 16.7. The van der Waals surface area contributed by atoms with Gasteiger partial charge in [0.05, 0.1) is 11.5 Å². The van der Waals surface area contributed by atoms with Crippen molar-refractivity contribution in [2.75, 3.05) is 13.1 Å². The lowest BCUT2D eigenvalue weighted by molar-refractivity contribution is -0.136. The summed E-state index contributed by atoms with van der Waals surface area (Å²) in [6, 6.07) is 0. The summed E-state index contributed by atoms with van der Waals surface area (Å²) >= 11 is 0. The van der Waals surface area contributed by atoms with Crippen molar-refractivity contribution in [1.29, 1.82) is 0 Å². The fourth-order valence-corrected chi connectivity index (χ4v) is 1.79.